The molecule has 0 aromatic heterocycles. The molecule has 3 fully saturated rings. The van der Waals surface area contributed by atoms with Gasteiger partial charge in [0.25, 0.3) is 0 Å². The van der Waals surface area contributed by atoms with Gasteiger partial charge in [-0.3, -0.25) is 19.5 Å². The molecule has 2 bridgehead atoms. The number of nitrogens with zero attached hydrogens (tertiary/aromatic N) is 3. The van der Waals surface area contributed by atoms with Crippen LogP contribution in [-0.2, 0) is 9.59 Å². The lowest BCUT2D eigenvalue weighted by atomic mass is 9.85. The molecule has 1 saturated carbocycles. The number of halogens is 1. The largest absolute Gasteiger partial charge is 0.357 e. The van der Waals surface area contributed by atoms with Crippen molar-refractivity contribution in [2.45, 2.75) is 33.1 Å². The Morgan fingerprint density at radius 2 is 1.80 bits per heavy atom. The lowest BCUT2D eigenvalue weighted by Crippen LogP contribution is -2.44. The van der Waals surface area contributed by atoms with Crippen molar-refractivity contribution in [3.8, 4) is 0 Å². The molecule has 2 amide bonds. The molecule has 2 saturated heterocycles. The van der Waals surface area contributed by atoms with E-state index in [-0.39, 0.29) is 59.5 Å². The molecule has 2 heterocycles. The van der Waals surface area contributed by atoms with Crippen molar-refractivity contribution in [3.05, 3.63) is 12.2 Å². The van der Waals surface area contributed by atoms with Gasteiger partial charge in [-0.15, -0.1) is 24.0 Å². The van der Waals surface area contributed by atoms with Gasteiger partial charge in [-0.05, 0) is 57.0 Å². The van der Waals surface area contributed by atoms with Gasteiger partial charge in [0.1, 0.15) is 0 Å². The highest BCUT2D eigenvalue weighted by molar-refractivity contribution is 14.0. The highest BCUT2D eigenvalue weighted by Gasteiger charge is 2.58. The Morgan fingerprint density at radius 3 is 2.43 bits per heavy atom. The molecule has 0 aromatic rings. The molecule has 0 radical (unpaired) electrons. The Morgan fingerprint density at radius 1 is 1.10 bits per heavy atom. The van der Waals surface area contributed by atoms with E-state index >= 15 is 0 Å². The number of aliphatic imine (C=N–C) groups is 1. The molecule has 0 spiro atoms. The van der Waals surface area contributed by atoms with Crippen LogP contribution in [0.25, 0.3) is 0 Å². The van der Waals surface area contributed by atoms with Crippen LogP contribution in [0.5, 0.6) is 0 Å². The smallest absolute Gasteiger partial charge is 0.233 e. The monoisotopic (exact) mass is 529 g/mol. The molecule has 168 valence electrons. The van der Waals surface area contributed by atoms with Gasteiger partial charge >= 0.3 is 0 Å². The van der Waals surface area contributed by atoms with Gasteiger partial charge in [0.05, 0.1) is 11.8 Å². The average molecular weight is 529 g/mol. The van der Waals surface area contributed by atoms with Gasteiger partial charge < -0.3 is 15.5 Å². The van der Waals surface area contributed by atoms with Crippen LogP contribution in [0.1, 0.15) is 33.1 Å². The van der Waals surface area contributed by atoms with Crippen molar-refractivity contribution in [3.63, 3.8) is 0 Å². The summed E-state index contributed by atoms with van der Waals surface area (Å²) < 4.78 is 0. The molecule has 2 aliphatic heterocycles. The fraction of sp³-hybridized carbons (Fsp3) is 0.773. The molecule has 0 aromatic carbocycles. The second kappa shape index (κ2) is 10.4. The summed E-state index contributed by atoms with van der Waals surface area (Å²) in [6, 6.07) is 0. The number of carbonyl (C=O) groups is 2. The second-order valence-corrected chi connectivity index (χ2v) is 8.93. The maximum absolute atomic E-state index is 12.8. The first-order chi connectivity index (χ1) is 14.1. The lowest BCUT2D eigenvalue weighted by Gasteiger charge is -2.19. The van der Waals surface area contributed by atoms with Gasteiger partial charge in [-0.2, -0.15) is 0 Å². The highest BCUT2D eigenvalue weighted by Crippen LogP contribution is 2.52. The maximum atomic E-state index is 12.8. The van der Waals surface area contributed by atoms with Gasteiger partial charge in [0.15, 0.2) is 5.96 Å². The van der Waals surface area contributed by atoms with Crippen molar-refractivity contribution in [2.75, 3.05) is 45.8 Å². The van der Waals surface area contributed by atoms with Crippen molar-refractivity contribution < 1.29 is 9.59 Å². The molecule has 2 aliphatic carbocycles. The molecule has 5 atom stereocenters. The van der Waals surface area contributed by atoms with Crippen LogP contribution in [-0.4, -0.2) is 73.4 Å². The Hall–Kier alpha value is -1.16. The molecule has 4 aliphatic rings. The SMILES string of the molecule is CCCN1CCC(CN=C(NCC)NCCN2C(=O)C3C4C=CC(C4)C3C2=O)C1.I. The van der Waals surface area contributed by atoms with E-state index in [2.05, 4.69) is 34.6 Å². The van der Waals surface area contributed by atoms with Crippen molar-refractivity contribution in [1.82, 2.24) is 20.4 Å². The summed E-state index contributed by atoms with van der Waals surface area (Å²) in [5.41, 5.74) is 0. The third kappa shape index (κ3) is 4.69. The van der Waals surface area contributed by atoms with Gasteiger partial charge in [-0.25, -0.2) is 0 Å². The number of allylic oxidation sites excluding steroid dienone is 2. The molecule has 8 heteroatoms. The van der Waals surface area contributed by atoms with E-state index in [1.165, 1.54) is 30.8 Å². The van der Waals surface area contributed by atoms with Crippen molar-refractivity contribution in [2.24, 2.45) is 34.6 Å². The number of imide groups is 1. The summed E-state index contributed by atoms with van der Waals surface area (Å²) in [5.74, 6) is 1.79. The predicted molar refractivity (Wildman–Crippen MR) is 129 cm³/mol. The van der Waals surface area contributed by atoms with Gasteiger partial charge in [-0.1, -0.05) is 19.1 Å². The van der Waals surface area contributed by atoms with Crippen molar-refractivity contribution >= 4 is 41.8 Å². The zero-order valence-electron chi connectivity index (χ0n) is 18.2. The first kappa shape index (κ1) is 23.5. The third-order valence-electron chi connectivity index (χ3n) is 6.95. The number of carbonyl (C=O) groups excluding carboxylic acids is 2. The summed E-state index contributed by atoms with van der Waals surface area (Å²) in [4.78, 5) is 34.3. The van der Waals surface area contributed by atoms with E-state index < -0.39 is 0 Å². The van der Waals surface area contributed by atoms with Crippen LogP contribution in [0.4, 0.5) is 0 Å². The zero-order valence-corrected chi connectivity index (χ0v) is 20.5. The Balaban J connectivity index is 0.00000256. The zero-order chi connectivity index (χ0) is 20.4. The molecule has 5 unspecified atom stereocenters. The summed E-state index contributed by atoms with van der Waals surface area (Å²) in [7, 11) is 0. The minimum atomic E-state index is -0.104. The molecule has 4 rings (SSSR count). The van der Waals surface area contributed by atoms with Crippen molar-refractivity contribution in [1.29, 1.82) is 0 Å². The number of rotatable bonds is 8. The number of hydrogen-bond acceptors (Lipinski definition) is 4. The number of guanidine groups is 1. The minimum Gasteiger partial charge on any atom is -0.357 e. The average Bonchev–Trinajstić information content (AvgIpc) is 3.47. The molecule has 7 nitrogen and oxygen atoms in total. The molecule has 2 N–H and O–H groups in total. The number of fused-ring (bicyclic) bond motifs is 5. The fourth-order valence-corrected chi connectivity index (χ4v) is 5.61. The van der Waals surface area contributed by atoms with Crippen LogP contribution in [0, 0.1) is 29.6 Å². The quantitative estimate of drug-likeness (QED) is 0.165. The molecular formula is C22H36IN5O2. The Bertz CT molecular complexity index is 667. The number of nitrogens with one attached hydrogen (secondary N) is 2. The van der Waals surface area contributed by atoms with E-state index in [1.807, 2.05) is 6.92 Å². The number of likely N-dealkylation sites (tertiary alicyclic amines) is 2. The van der Waals surface area contributed by atoms with E-state index in [4.69, 9.17) is 4.99 Å². The van der Waals surface area contributed by atoms with Crippen LogP contribution in [0.15, 0.2) is 17.1 Å². The fourth-order valence-electron chi connectivity index (χ4n) is 5.61. The van der Waals surface area contributed by atoms with E-state index in [1.54, 1.807) is 0 Å². The maximum Gasteiger partial charge on any atom is 0.233 e. The van der Waals surface area contributed by atoms with Crippen LogP contribution >= 0.6 is 24.0 Å². The topological polar surface area (TPSA) is 77.0 Å². The third-order valence-corrected chi connectivity index (χ3v) is 6.95. The van der Waals surface area contributed by atoms with E-state index in [0.717, 1.165) is 32.0 Å². The summed E-state index contributed by atoms with van der Waals surface area (Å²) >= 11 is 0. The predicted octanol–water partition coefficient (Wildman–Crippen LogP) is 1.70. The van der Waals surface area contributed by atoms with Gasteiger partial charge in [0, 0.05) is 32.7 Å². The molecule has 30 heavy (non-hydrogen) atoms. The van der Waals surface area contributed by atoms with Crippen LogP contribution in [0.3, 0.4) is 0 Å². The second-order valence-electron chi connectivity index (χ2n) is 8.93. The van der Waals surface area contributed by atoms with Crippen LogP contribution in [0.2, 0.25) is 0 Å². The Kier molecular flexibility index (Phi) is 8.17. The van der Waals surface area contributed by atoms with Gasteiger partial charge in [0.2, 0.25) is 11.8 Å². The normalized spacial score (nSPS) is 32.7. The first-order valence-corrected chi connectivity index (χ1v) is 11.4. The summed E-state index contributed by atoms with van der Waals surface area (Å²) in [6.07, 6.45) is 7.66. The number of hydrogen-bond donors (Lipinski definition) is 2. The van der Waals surface area contributed by atoms with Crippen LogP contribution < -0.4 is 10.6 Å². The highest BCUT2D eigenvalue weighted by atomic mass is 127. The molecular weight excluding hydrogens is 493 g/mol. The summed E-state index contributed by atoms with van der Waals surface area (Å²) in [5, 5.41) is 6.60. The standard InChI is InChI=1S/C22H35N5O2.HI/c1-3-9-26-10-7-15(14-26)13-25-22(23-4-2)24-8-11-27-20(28)18-16-5-6-17(12-16)19(18)21(27)29;/h5-6,15-19H,3-4,7-14H2,1-2H3,(H2,23,24,25);1H. The Labute approximate surface area is 197 Å². The lowest BCUT2D eigenvalue weighted by molar-refractivity contribution is -0.140. The first-order valence-electron chi connectivity index (χ1n) is 11.4. The van der Waals surface area contributed by atoms with E-state index in [9.17, 15) is 9.59 Å². The number of amides is 2. The summed E-state index contributed by atoms with van der Waals surface area (Å²) in [6.45, 7) is 10.3. The minimum absolute atomic E-state index is 0. The van der Waals surface area contributed by atoms with E-state index in [0.29, 0.717) is 19.0 Å².